The lowest BCUT2D eigenvalue weighted by molar-refractivity contribution is 0.275. The second kappa shape index (κ2) is 6.35. The van der Waals surface area contributed by atoms with Crippen molar-refractivity contribution in [2.75, 3.05) is 19.6 Å². The highest BCUT2D eigenvalue weighted by molar-refractivity contribution is 7.91. The summed E-state index contributed by atoms with van der Waals surface area (Å²) in [5.41, 5.74) is 0. The van der Waals surface area contributed by atoms with Gasteiger partial charge in [-0.05, 0) is 37.9 Å². The first-order valence-corrected chi connectivity index (χ1v) is 9.16. The molecule has 2 heterocycles. The maximum absolute atomic E-state index is 12.7. The molecular weight excluding hydrogens is 280 g/mol. The lowest BCUT2D eigenvalue weighted by Crippen LogP contribution is -2.48. The summed E-state index contributed by atoms with van der Waals surface area (Å²) in [4.78, 5) is 1.12. The van der Waals surface area contributed by atoms with E-state index in [-0.39, 0.29) is 6.04 Å². The SMILES string of the molecule is CCc1ccc(S(=O)(=O)N(CC)C2CCCNC2)s1. The number of thiophene rings is 1. The third-order valence-electron chi connectivity index (χ3n) is 3.54. The predicted octanol–water partition coefficient (Wildman–Crippen LogP) is 2.07. The number of likely N-dealkylation sites (N-methyl/N-ethyl adjacent to an activating group) is 1. The monoisotopic (exact) mass is 302 g/mol. The summed E-state index contributed by atoms with van der Waals surface area (Å²) in [6.45, 7) is 6.26. The molecule has 0 bridgehead atoms. The molecule has 1 aromatic heterocycles. The van der Waals surface area contributed by atoms with Crippen LogP contribution in [-0.4, -0.2) is 38.4 Å². The van der Waals surface area contributed by atoms with Crippen molar-refractivity contribution >= 4 is 21.4 Å². The first kappa shape index (κ1) is 15.0. The summed E-state index contributed by atoms with van der Waals surface area (Å²) < 4.78 is 27.5. The van der Waals surface area contributed by atoms with Crippen LogP contribution in [0.4, 0.5) is 0 Å². The van der Waals surface area contributed by atoms with Crippen LogP contribution in [-0.2, 0) is 16.4 Å². The lowest BCUT2D eigenvalue weighted by Gasteiger charge is -2.32. The van der Waals surface area contributed by atoms with Gasteiger partial charge in [0.15, 0.2) is 0 Å². The van der Waals surface area contributed by atoms with Gasteiger partial charge in [-0.2, -0.15) is 4.31 Å². The van der Waals surface area contributed by atoms with Gasteiger partial charge in [0.2, 0.25) is 0 Å². The predicted molar refractivity (Wildman–Crippen MR) is 79.2 cm³/mol. The molecule has 1 saturated heterocycles. The highest BCUT2D eigenvalue weighted by atomic mass is 32.2. The molecular formula is C13H22N2O2S2. The van der Waals surface area contributed by atoms with E-state index in [9.17, 15) is 8.42 Å². The van der Waals surface area contributed by atoms with E-state index in [1.807, 2.05) is 19.9 Å². The van der Waals surface area contributed by atoms with Crippen LogP contribution < -0.4 is 5.32 Å². The molecule has 1 N–H and O–H groups in total. The largest absolute Gasteiger partial charge is 0.315 e. The number of sulfonamides is 1. The van der Waals surface area contributed by atoms with E-state index >= 15 is 0 Å². The van der Waals surface area contributed by atoms with Gasteiger partial charge < -0.3 is 5.32 Å². The number of rotatable bonds is 5. The van der Waals surface area contributed by atoms with Crippen molar-refractivity contribution in [3.63, 3.8) is 0 Å². The van der Waals surface area contributed by atoms with Crippen molar-refractivity contribution in [1.29, 1.82) is 0 Å². The summed E-state index contributed by atoms with van der Waals surface area (Å²) in [6.07, 6.45) is 2.88. The number of nitrogens with zero attached hydrogens (tertiary/aromatic N) is 1. The van der Waals surface area contributed by atoms with Crippen molar-refractivity contribution in [1.82, 2.24) is 9.62 Å². The van der Waals surface area contributed by atoms with Gasteiger partial charge in [-0.1, -0.05) is 13.8 Å². The Bertz CT molecular complexity index is 504. The zero-order valence-electron chi connectivity index (χ0n) is 11.6. The third-order valence-corrected chi connectivity index (χ3v) is 7.26. The Labute approximate surface area is 119 Å². The molecule has 0 radical (unpaired) electrons. The fourth-order valence-corrected chi connectivity index (χ4v) is 5.59. The van der Waals surface area contributed by atoms with Crippen molar-refractivity contribution in [3.05, 3.63) is 17.0 Å². The first-order valence-electron chi connectivity index (χ1n) is 6.90. The van der Waals surface area contributed by atoms with E-state index in [0.717, 1.165) is 37.2 Å². The Morgan fingerprint density at radius 1 is 1.42 bits per heavy atom. The van der Waals surface area contributed by atoms with Gasteiger partial charge in [0.25, 0.3) is 10.0 Å². The van der Waals surface area contributed by atoms with E-state index < -0.39 is 10.0 Å². The molecule has 108 valence electrons. The van der Waals surface area contributed by atoms with Crippen molar-refractivity contribution in [2.45, 2.75) is 43.4 Å². The standard InChI is InChI=1S/C13H22N2O2S2/c1-3-12-7-8-13(18-12)19(16,17)15(4-2)11-6-5-9-14-10-11/h7-8,11,14H,3-6,9-10H2,1-2H3. The Morgan fingerprint density at radius 3 is 2.74 bits per heavy atom. The summed E-state index contributed by atoms with van der Waals surface area (Å²) >= 11 is 1.40. The Balaban J connectivity index is 2.24. The normalized spacial score (nSPS) is 20.9. The molecule has 0 amide bonds. The molecule has 1 aliphatic rings. The van der Waals surface area contributed by atoms with Gasteiger partial charge in [-0.25, -0.2) is 8.42 Å². The first-order chi connectivity index (χ1) is 9.09. The highest BCUT2D eigenvalue weighted by Gasteiger charge is 2.31. The smallest absolute Gasteiger partial charge is 0.252 e. The number of piperidine rings is 1. The zero-order chi connectivity index (χ0) is 13.9. The topological polar surface area (TPSA) is 49.4 Å². The molecule has 4 nitrogen and oxygen atoms in total. The molecule has 0 saturated carbocycles. The summed E-state index contributed by atoms with van der Waals surface area (Å²) in [5.74, 6) is 0. The van der Waals surface area contributed by atoms with Crippen LogP contribution in [0.2, 0.25) is 0 Å². The summed E-state index contributed by atoms with van der Waals surface area (Å²) in [6, 6.07) is 3.76. The van der Waals surface area contributed by atoms with Crippen LogP contribution in [0.15, 0.2) is 16.3 Å². The summed E-state index contributed by atoms with van der Waals surface area (Å²) in [7, 11) is -3.33. The van der Waals surface area contributed by atoms with Crippen LogP contribution in [0.5, 0.6) is 0 Å². The molecule has 2 rings (SSSR count). The van der Waals surface area contributed by atoms with Gasteiger partial charge in [-0.3, -0.25) is 0 Å². The maximum Gasteiger partial charge on any atom is 0.252 e. The molecule has 1 atom stereocenters. The van der Waals surface area contributed by atoms with Crippen molar-refractivity contribution < 1.29 is 8.42 Å². The van der Waals surface area contributed by atoms with Gasteiger partial charge in [0.05, 0.1) is 0 Å². The van der Waals surface area contributed by atoms with Crippen LogP contribution in [0.3, 0.4) is 0 Å². The average Bonchev–Trinajstić information content (AvgIpc) is 2.90. The summed E-state index contributed by atoms with van der Waals surface area (Å²) in [5, 5.41) is 3.29. The fraction of sp³-hybridized carbons (Fsp3) is 0.692. The molecule has 1 aromatic rings. The van der Waals surface area contributed by atoms with Crippen LogP contribution in [0.1, 0.15) is 31.6 Å². The van der Waals surface area contributed by atoms with E-state index in [1.54, 1.807) is 10.4 Å². The molecule has 1 fully saturated rings. The highest BCUT2D eigenvalue weighted by Crippen LogP contribution is 2.27. The number of aryl methyl sites for hydroxylation is 1. The number of hydrogen-bond donors (Lipinski definition) is 1. The fourth-order valence-electron chi connectivity index (χ4n) is 2.51. The Hall–Kier alpha value is -0.430. The van der Waals surface area contributed by atoms with Crippen LogP contribution in [0.25, 0.3) is 0 Å². The Kier molecular flexibility index (Phi) is 5.00. The molecule has 0 aromatic carbocycles. The minimum atomic E-state index is -3.33. The molecule has 1 unspecified atom stereocenters. The zero-order valence-corrected chi connectivity index (χ0v) is 13.2. The second-order valence-electron chi connectivity index (χ2n) is 4.78. The maximum atomic E-state index is 12.7. The van der Waals surface area contributed by atoms with E-state index in [2.05, 4.69) is 5.32 Å². The van der Waals surface area contributed by atoms with Gasteiger partial charge in [0, 0.05) is 24.0 Å². The van der Waals surface area contributed by atoms with E-state index in [0.29, 0.717) is 10.8 Å². The number of nitrogens with one attached hydrogen (secondary N) is 1. The minimum absolute atomic E-state index is 0.0935. The average molecular weight is 302 g/mol. The van der Waals surface area contributed by atoms with Gasteiger partial charge in [0.1, 0.15) is 4.21 Å². The Morgan fingerprint density at radius 2 is 2.21 bits per heavy atom. The van der Waals surface area contributed by atoms with Crippen LogP contribution in [0, 0.1) is 0 Å². The number of hydrogen-bond acceptors (Lipinski definition) is 4. The molecule has 0 spiro atoms. The van der Waals surface area contributed by atoms with Gasteiger partial charge >= 0.3 is 0 Å². The minimum Gasteiger partial charge on any atom is -0.315 e. The van der Waals surface area contributed by atoms with Crippen LogP contribution >= 0.6 is 11.3 Å². The third kappa shape index (κ3) is 3.18. The quantitative estimate of drug-likeness (QED) is 0.906. The van der Waals surface area contributed by atoms with E-state index in [4.69, 9.17) is 0 Å². The molecule has 0 aliphatic carbocycles. The molecule has 1 aliphatic heterocycles. The van der Waals surface area contributed by atoms with Crippen molar-refractivity contribution in [2.24, 2.45) is 0 Å². The van der Waals surface area contributed by atoms with E-state index in [1.165, 1.54) is 11.3 Å². The lowest BCUT2D eigenvalue weighted by atomic mass is 10.1. The molecule has 19 heavy (non-hydrogen) atoms. The van der Waals surface area contributed by atoms with Gasteiger partial charge in [-0.15, -0.1) is 11.3 Å². The van der Waals surface area contributed by atoms with Crippen molar-refractivity contribution in [3.8, 4) is 0 Å². The molecule has 6 heteroatoms. The second-order valence-corrected chi connectivity index (χ2v) is 8.07.